The Morgan fingerprint density at radius 3 is 2.50 bits per heavy atom. The fourth-order valence-corrected chi connectivity index (χ4v) is 3.06. The lowest BCUT2D eigenvalue weighted by molar-refractivity contribution is -0.0501. The van der Waals surface area contributed by atoms with E-state index >= 15 is 0 Å². The standard InChI is InChI=1S/C21H15F2NO4/c1-26-19-10-14-12-6-2-4-8-16(12)27-18(14)11-15(19)24-20(25)13-7-3-5-9-17(13)28-21(22)23/h2-11,21H,1H3,(H,24,25). The summed E-state index contributed by atoms with van der Waals surface area (Å²) in [6, 6.07) is 16.7. The van der Waals surface area contributed by atoms with Gasteiger partial charge in [0.1, 0.15) is 22.7 Å². The Labute approximate surface area is 158 Å². The first-order chi connectivity index (χ1) is 13.6. The molecule has 0 radical (unpaired) electrons. The van der Waals surface area contributed by atoms with Crippen molar-refractivity contribution < 1.29 is 27.5 Å². The average Bonchev–Trinajstić information content (AvgIpc) is 3.04. The maximum atomic E-state index is 12.7. The van der Waals surface area contributed by atoms with Crippen LogP contribution in [0.15, 0.2) is 65.1 Å². The number of benzene rings is 3. The van der Waals surface area contributed by atoms with Crippen molar-refractivity contribution in [2.45, 2.75) is 6.61 Å². The molecule has 1 aromatic heterocycles. The smallest absolute Gasteiger partial charge is 0.387 e. The van der Waals surface area contributed by atoms with Crippen LogP contribution in [0, 0.1) is 0 Å². The second kappa shape index (κ2) is 7.19. The molecule has 4 rings (SSSR count). The van der Waals surface area contributed by atoms with Crippen molar-refractivity contribution in [3.8, 4) is 11.5 Å². The van der Waals surface area contributed by atoms with Crippen LogP contribution >= 0.6 is 0 Å². The van der Waals surface area contributed by atoms with Crippen LogP contribution in [0.25, 0.3) is 21.9 Å². The van der Waals surface area contributed by atoms with Crippen LogP contribution in [0.3, 0.4) is 0 Å². The van der Waals surface area contributed by atoms with Gasteiger partial charge in [-0.1, -0.05) is 30.3 Å². The van der Waals surface area contributed by atoms with Gasteiger partial charge in [0.25, 0.3) is 5.91 Å². The summed E-state index contributed by atoms with van der Waals surface area (Å²) in [5.41, 5.74) is 1.61. The lowest BCUT2D eigenvalue weighted by Gasteiger charge is -2.13. The highest BCUT2D eigenvalue weighted by atomic mass is 19.3. The second-order valence-electron chi connectivity index (χ2n) is 5.98. The minimum atomic E-state index is -3.03. The highest BCUT2D eigenvalue weighted by Crippen LogP contribution is 2.36. The van der Waals surface area contributed by atoms with Gasteiger partial charge in [0.05, 0.1) is 18.4 Å². The normalized spacial score (nSPS) is 11.1. The van der Waals surface area contributed by atoms with Crippen molar-refractivity contribution in [3.05, 3.63) is 66.2 Å². The number of fused-ring (bicyclic) bond motifs is 3. The van der Waals surface area contributed by atoms with Gasteiger partial charge in [-0.05, 0) is 24.3 Å². The summed E-state index contributed by atoms with van der Waals surface area (Å²) in [4.78, 5) is 12.7. The maximum absolute atomic E-state index is 12.7. The molecule has 1 amide bonds. The molecule has 0 bridgehead atoms. The van der Waals surface area contributed by atoms with Crippen molar-refractivity contribution in [1.82, 2.24) is 0 Å². The van der Waals surface area contributed by atoms with E-state index in [1.807, 2.05) is 24.3 Å². The summed E-state index contributed by atoms with van der Waals surface area (Å²) in [6.07, 6.45) is 0. The molecule has 3 aromatic carbocycles. The average molecular weight is 383 g/mol. The third-order valence-electron chi connectivity index (χ3n) is 4.29. The first kappa shape index (κ1) is 17.8. The van der Waals surface area contributed by atoms with E-state index in [-0.39, 0.29) is 11.3 Å². The maximum Gasteiger partial charge on any atom is 0.387 e. The molecule has 0 atom stereocenters. The quantitative estimate of drug-likeness (QED) is 0.498. The lowest BCUT2D eigenvalue weighted by Crippen LogP contribution is -2.15. The molecule has 0 aliphatic rings. The van der Waals surface area contributed by atoms with E-state index in [1.165, 1.54) is 25.3 Å². The Balaban J connectivity index is 1.73. The number of furan rings is 1. The summed E-state index contributed by atoms with van der Waals surface area (Å²) in [5.74, 6) is -0.400. The summed E-state index contributed by atoms with van der Waals surface area (Å²) in [6.45, 7) is -3.03. The Morgan fingerprint density at radius 2 is 1.71 bits per heavy atom. The minimum Gasteiger partial charge on any atom is -0.495 e. The van der Waals surface area contributed by atoms with E-state index in [0.717, 1.165) is 10.8 Å². The van der Waals surface area contributed by atoms with E-state index in [4.69, 9.17) is 9.15 Å². The molecule has 7 heteroatoms. The van der Waals surface area contributed by atoms with E-state index in [1.54, 1.807) is 18.2 Å². The number of para-hydroxylation sites is 2. The van der Waals surface area contributed by atoms with Crippen molar-refractivity contribution in [3.63, 3.8) is 0 Å². The molecule has 5 nitrogen and oxygen atoms in total. The van der Waals surface area contributed by atoms with E-state index in [2.05, 4.69) is 10.1 Å². The molecule has 0 aliphatic carbocycles. The van der Waals surface area contributed by atoms with Crippen LogP contribution in [0.2, 0.25) is 0 Å². The molecule has 1 heterocycles. The number of hydrogen-bond acceptors (Lipinski definition) is 4. The number of nitrogens with one attached hydrogen (secondary N) is 1. The second-order valence-corrected chi connectivity index (χ2v) is 5.98. The number of rotatable bonds is 5. The van der Waals surface area contributed by atoms with Crippen LogP contribution < -0.4 is 14.8 Å². The van der Waals surface area contributed by atoms with Crippen LogP contribution in [0.4, 0.5) is 14.5 Å². The number of alkyl halides is 2. The number of carbonyl (C=O) groups excluding carboxylic acids is 1. The van der Waals surface area contributed by atoms with Crippen LogP contribution in [-0.2, 0) is 0 Å². The summed E-state index contributed by atoms with van der Waals surface area (Å²) in [7, 11) is 1.48. The van der Waals surface area contributed by atoms with Crippen LogP contribution in [-0.4, -0.2) is 19.6 Å². The van der Waals surface area contributed by atoms with E-state index < -0.39 is 12.5 Å². The number of anilines is 1. The number of carbonyl (C=O) groups is 1. The number of methoxy groups -OCH3 is 1. The minimum absolute atomic E-state index is 0.0189. The van der Waals surface area contributed by atoms with Crippen molar-refractivity contribution in [2.24, 2.45) is 0 Å². The predicted octanol–water partition coefficient (Wildman–Crippen LogP) is 5.45. The molecule has 0 spiro atoms. The largest absolute Gasteiger partial charge is 0.495 e. The Kier molecular flexibility index (Phi) is 4.57. The van der Waals surface area contributed by atoms with Crippen molar-refractivity contribution in [2.75, 3.05) is 12.4 Å². The topological polar surface area (TPSA) is 60.7 Å². The Hall–Kier alpha value is -3.61. The first-order valence-electron chi connectivity index (χ1n) is 8.41. The van der Waals surface area contributed by atoms with Gasteiger partial charge < -0.3 is 19.2 Å². The number of amides is 1. The van der Waals surface area contributed by atoms with Gasteiger partial charge in [0.2, 0.25) is 0 Å². The SMILES string of the molecule is COc1cc2c(cc1NC(=O)c1ccccc1OC(F)F)oc1ccccc12. The molecule has 0 unspecified atom stereocenters. The molecule has 28 heavy (non-hydrogen) atoms. The lowest BCUT2D eigenvalue weighted by atomic mass is 10.1. The Morgan fingerprint density at radius 1 is 0.964 bits per heavy atom. The molecule has 0 saturated carbocycles. The van der Waals surface area contributed by atoms with Crippen molar-refractivity contribution >= 4 is 33.5 Å². The van der Waals surface area contributed by atoms with Gasteiger partial charge in [-0.2, -0.15) is 8.78 Å². The molecule has 4 aromatic rings. The number of ether oxygens (including phenoxy) is 2. The highest BCUT2D eigenvalue weighted by molar-refractivity contribution is 6.10. The highest BCUT2D eigenvalue weighted by Gasteiger charge is 2.18. The predicted molar refractivity (Wildman–Crippen MR) is 101 cm³/mol. The summed E-state index contributed by atoms with van der Waals surface area (Å²) >= 11 is 0. The fraction of sp³-hybridized carbons (Fsp3) is 0.0952. The third kappa shape index (κ3) is 3.22. The van der Waals surface area contributed by atoms with Gasteiger partial charge in [0, 0.05) is 16.8 Å². The van der Waals surface area contributed by atoms with Gasteiger partial charge in [-0.25, -0.2) is 0 Å². The molecule has 0 fully saturated rings. The van der Waals surface area contributed by atoms with E-state index in [0.29, 0.717) is 22.6 Å². The Bertz CT molecular complexity index is 1170. The first-order valence-corrected chi connectivity index (χ1v) is 8.41. The zero-order chi connectivity index (χ0) is 19.7. The third-order valence-corrected chi connectivity index (χ3v) is 4.29. The summed E-state index contributed by atoms with van der Waals surface area (Å²) in [5, 5.41) is 4.44. The van der Waals surface area contributed by atoms with Gasteiger partial charge in [-0.15, -0.1) is 0 Å². The number of hydrogen-bond donors (Lipinski definition) is 1. The van der Waals surface area contributed by atoms with Crippen molar-refractivity contribution in [1.29, 1.82) is 0 Å². The molecular weight excluding hydrogens is 368 g/mol. The molecule has 0 saturated heterocycles. The van der Waals surface area contributed by atoms with Crippen LogP contribution in [0.5, 0.6) is 11.5 Å². The fourth-order valence-electron chi connectivity index (χ4n) is 3.06. The van der Waals surface area contributed by atoms with Crippen LogP contribution in [0.1, 0.15) is 10.4 Å². The van der Waals surface area contributed by atoms with Gasteiger partial charge in [0.15, 0.2) is 0 Å². The number of halogens is 2. The van der Waals surface area contributed by atoms with Gasteiger partial charge in [-0.3, -0.25) is 4.79 Å². The zero-order valence-electron chi connectivity index (χ0n) is 14.7. The monoisotopic (exact) mass is 383 g/mol. The molecule has 0 aliphatic heterocycles. The molecule has 1 N–H and O–H groups in total. The zero-order valence-corrected chi connectivity index (χ0v) is 14.7. The summed E-state index contributed by atoms with van der Waals surface area (Å²) < 4.78 is 40.8. The van der Waals surface area contributed by atoms with E-state index in [9.17, 15) is 13.6 Å². The molecular formula is C21H15F2NO4. The molecule has 142 valence electrons. The van der Waals surface area contributed by atoms with Gasteiger partial charge >= 0.3 is 6.61 Å².